The van der Waals surface area contributed by atoms with E-state index in [9.17, 15) is 9.59 Å². The van der Waals surface area contributed by atoms with Crippen molar-refractivity contribution in [2.45, 2.75) is 13.0 Å². The fourth-order valence-electron chi connectivity index (χ4n) is 1.97. The van der Waals surface area contributed by atoms with Crippen LogP contribution < -0.4 is 10.3 Å². The molecule has 0 fully saturated rings. The van der Waals surface area contributed by atoms with E-state index >= 15 is 0 Å². The van der Waals surface area contributed by atoms with Crippen molar-refractivity contribution in [2.24, 2.45) is 0 Å². The zero-order valence-corrected chi connectivity index (χ0v) is 12.1. The van der Waals surface area contributed by atoms with Crippen molar-refractivity contribution in [1.82, 2.24) is 9.78 Å². The molecule has 21 heavy (non-hydrogen) atoms. The van der Waals surface area contributed by atoms with Crippen molar-refractivity contribution in [3.63, 3.8) is 0 Å². The number of rotatable bonds is 4. The molecule has 1 atom stereocenters. The van der Waals surface area contributed by atoms with E-state index in [1.54, 1.807) is 26.2 Å². The molecule has 6 nitrogen and oxygen atoms in total. The van der Waals surface area contributed by atoms with Crippen molar-refractivity contribution < 1.29 is 14.3 Å². The van der Waals surface area contributed by atoms with Crippen molar-refractivity contribution in [3.05, 3.63) is 46.8 Å². The Morgan fingerprint density at radius 1 is 1.19 bits per heavy atom. The minimum absolute atomic E-state index is 0.369. The largest absolute Gasteiger partial charge is 0.496 e. The second-order valence-corrected chi connectivity index (χ2v) is 4.40. The third kappa shape index (κ3) is 2.94. The van der Waals surface area contributed by atoms with Crippen LogP contribution in [0.25, 0.3) is 11.3 Å². The quantitative estimate of drug-likeness (QED) is 0.800. The minimum atomic E-state index is -0.794. The van der Waals surface area contributed by atoms with Gasteiger partial charge in [-0.15, -0.1) is 0 Å². The number of hydrogen-bond donors (Lipinski definition) is 0. The predicted octanol–water partition coefficient (Wildman–Crippen LogP) is 1.65. The molecule has 0 aliphatic heterocycles. The molecule has 0 N–H and O–H groups in total. The Morgan fingerprint density at radius 2 is 1.90 bits per heavy atom. The SMILES string of the molecule is COC(=O)[C@H](C)n1nc(-c2ccccc2OC)ccc1=O. The van der Waals surface area contributed by atoms with Crippen LogP contribution in [0.5, 0.6) is 5.75 Å². The molecule has 0 unspecified atom stereocenters. The predicted molar refractivity (Wildman–Crippen MR) is 77.2 cm³/mol. The Bertz CT molecular complexity index is 709. The maximum atomic E-state index is 11.9. The van der Waals surface area contributed by atoms with Crippen molar-refractivity contribution in [1.29, 1.82) is 0 Å². The molecule has 0 spiro atoms. The lowest BCUT2D eigenvalue weighted by molar-refractivity contribution is -0.144. The molecule has 0 bridgehead atoms. The number of carbonyl (C=O) groups is 1. The van der Waals surface area contributed by atoms with Crippen LogP contribution in [0.4, 0.5) is 0 Å². The number of hydrogen-bond acceptors (Lipinski definition) is 5. The lowest BCUT2D eigenvalue weighted by Crippen LogP contribution is -2.30. The van der Waals surface area contributed by atoms with E-state index in [0.717, 1.165) is 10.2 Å². The van der Waals surface area contributed by atoms with Crippen molar-refractivity contribution in [2.75, 3.05) is 14.2 Å². The summed E-state index contributed by atoms with van der Waals surface area (Å²) in [5, 5.41) is 4.24. The fraction of sp³-hybridized carbons (Fsp3) is 0.267. The second kappa shape index (κ2) is 6.21. The lowest BCUT2D eigenvalue weighted by Gasteiger charge is -2.13. The zero-order chi connectivity index (χ0) is 15.4. The topological polar surface area (TPSA) is 70.4 Å². The summed E-state index contributed by atoms with van der Waals surface area (Å²) in [6, 6.07) is 9.50. The van der Waals surface area contributed by atoms with Crippen LogP contribution >= 0.6 is 0 Å². The third-order valence-electron chi connectivity index (χ3n) is 3.12. The molecule has 0 radical (unpaired) electrons. The second-order valence-electron chi connectivity index (χ2n) is 4.40. The first-order valence-corrected chi connectivity index (χ1v) is 6.39. The summed E-state index contributed by atoms with van der Waals surface area (Å²) in [5.74, 6) is 0.114. The van der Waals surface area contributed by atoms with Gasteiger partial charge < -0.3 is 9.47 Å². The van der Waals surface area contributed by atoms with Gasteiger partial charge in [0, 0.05) is 11.6 Å². The summed E-state index contributed by atoms with van der Waals surface area (Å²) in [6.07, 6.45) is 0. The highest BCUT2D eigenvalue weighted by Crippen LogP contribution is 2.27. The summed E-state index contributed by atoms with van der Waals surface area (Å²) >= 11 is 0. The first-order chi connectivity index (χ1) is 10.1. The fourth-order valence-corrected chi connectivity index (χ4v) is 1.97. The van der Waals surface area contributed by atoms with E-state index in [1.807, 2.05) is 18.2 Å². The highest BCUT2D eigenvalue weighted by Gasteiger charge is 2.19. The minimum Gasteiger partial charge on any atom is -0.496 e. The Balaban J connectivity index is 2.53. The highest BCUT2D eigenvalue weighted by molar-refractivity contribution is 5.73. The van der Waals surface area contributed by atoms with Gasteiger partial charge in [0.1, 0.15) is 5.75 Å². The van der Waals surface area contributed by atoms with E-state index in [-0.39, 0.29) is 5.56 Å². The number of aromatic nitrogens is 2. The number of para-hydroxylation sites is 1. The number of esters is 1. The summed E-state index contributed by atoms with van der Waals surface area (Å²) in [5.41, 5.74) is 0.917. The molecular formula is C15H16N2O4. The van der Waals surface area contributed by atoms with Crippen LogP contribution in [0.2, 0.25) is 0 Å². The van der Waals surface area contributed by atoms with E-state index < -0.39 is 12.0 Å². The van der Waals surface area contributed by atoms with E-state index in [4.69, 9.17) is 4.74 Å². The zero-order valence-electron chi connectivity index (χ0n) is 12.1. The molecule has 110 valence electrons. The molecule has 0 saturated heterocycles. The first kappa shape index (κ1) is 14.8. The molecule has 0 aliphatic rings. The van der Waals surface area contributed by atoms with Crippen LogP contribution in [-0.4, -0.2) is 30.0 Å². The molecule has 2 aromatic rings. The molecule has 1 aromatic heterocycles. The summed E-state index contributed by atoms with van der Waals surface area (Å²) in [4.78, 5) is 23.5. The van der Waals surface area contributed by atoms with Crippen LogP contribution in [0.3, 0.4) is 0 Å². The van der Waals surface area contributed by atoms with E-state index in [2.05, 4.69) is 9.84 Å². The molecule has 0 aliphatic carbocycles. The van der Waals surface area contributed by atoms with Gasteiger partial charge in [0.2, 0.25) is 0 Å². The van der Waals surface area contributed by atoms with Crippen LogP contribution in [0, 0.1) is 0 Å². The number of carbonyl (C=O) groups excluding carboxylic acids is 1. The number of nitrogens with zero attached hydrogens (tertiary/aromatic N) is 2. The molecule has 2 rings (SSSR count). The van der Waals surface area contributed by atoms with Crippen molar-refractivity contribution >= 4 is 5.97 Å². The van der Waals surface area contributed by atoms with Gasteiger partial charge in [-0.3, -0.25) is 4.79 Å². The molecule has 0 amide bonds. The van der Waals surface area contributed by atoms with Gasteiger partial charge in [-0.05, 0) is 25.1 Å². The van der Waals surface area contributed by atoms with Crippen molar-refractivity contribution in [3.8, 4) is 17.0 Å². The lowest BCUT2D eigenvalue weighted by atomic mass is 10.1. The monoisotopic (exact) mass is 288 g/mol. The van der Waals surface area contributed by atoms with E-state index in [1.165, 1.54) is 13.2 Å². The Labute approximate surface area is 121 Å². The van der Waals surface area contributed by atoms with Crippen LogP contribution in [0.1, 0.15) is 13.0 Å². The number of benzene rings is 1. The standard InChI is InChI=1S/C15H16N2O4/c1-10(15(19)21-3)17-14(18)9-8-12(16-17)11-6-4-5-7-13(11)20-2/h4-10H,1-3H3/t10-/m0/s1. The summed E-state index contributed by atoms with van der Waals surface area (Å²) in [6.45, 7) is 1.56. The Hall–Kier alpha value is -2.63. The van der Waals surface area contributed by atoms with Gasteiger partial charge in [-0.2, -0.15) is 5.10 Å². The Kier molecular flexibility index (Phi) is 4.37. The van der Waals surface area contributed by atoms with Gasteiger partial charge in [0.15, 0.2) is 6.04 Å². The number of methoxy groups -OCH3 is 2. The highest BCUT2D eigenvalue weighted by atomic mass is 16.5. The molecular weight excluding hydrogens is 272 g/mol. The van der Waals surface area contributed by atoms with Crippen LogP contribution in [-0.2, 0) is 9.53 Å². The van der Waals surface area contributed by atoms with Gasteiger partial charge in [-0.1, -0.05) is 12.1 Å². The summed E-state index contributed by atoms with van der Waals surface area (Å²) in [7, 11) is 2.83. The average molecular weight is 288 g/mol. The maximum Gasteiger partial charge on any atom is 0.330 e. The molecule has 1 aromatic carbocycles. The normalized spacial score (nSPS) is 11.8. The number of ether oxygens (including phenoxy) is 2. The van der Waals surface area contributed by atoms with Gasteiger partial charge in [0.25, 0.3) is 5.56 Å². The van der Waals surface area contributed by atoms with E-state index in [0.29, 0.717) is 11.4 Å². The average Bonchev–Trinajstić information content (AvgIpc) is 2.53. The van der Waals surface area contributed by atoms with Gasteiger partial charge in [-0.25, -0.2) is 9.48 Å². The first-order valence-electron chi connectivity index (χ1n) is 6.39. The third-order valence-corrected chi connectivity index (χ3v) is 3.12. The van der Waals surface area contributed by atoms with Gasteiger partial charge in [0.05, 0.1) is 19.9 Å². The molecule has 6 heteroatoms. The Morgan fingerprint density at radius 3 is 2.57 bits per heavy atom. The molecule has 1 heterocycles. The summed E-state index contributed by atoms with van der Waals surface area (Å²) < 4.78 is 11.0. The maximum absolute atomic E-state index is 11.9. The smallest absolute Gasteiger partial charge is 0.330 e. The van der Waals surface area contributed by atoms with Crippen LogP contribution in [0.15, 0.2) is 41.2 Å². The molecule has 0 saturated carbocycles. The van der Waals surface area contributed by atoms with Gasteiger partial charge >= 0.3 is 5.97 Å².